The van der Waals surface area contributed by atoms with Crippen molar-refractivity contribution >= 4 is 21.8 Å². The molecule has 1 rings (SSSR count). The summed E-state index contributed by atoms with van der Waals surface area (Å²) in [5.41, 5.74) is -0.304. The first-order chi connectivity index (χ1) is 7.87. The number of halogens is 1. The Labute approximate surface area is 113 Å². The van der Waals surface area contributed by atoms with Gasteiger partial charge in [-0.25, -0.2) is 0 Å². The third-order valence-electron chi connectivity index (χ3n) is 3.11. The molecule has 0 aromatic rings. The lowest BCUT2D eigenvalue weighted by Crippen LogP contribution is -2.52. The summed E-state index contributed by atoms with van der Waals surface area (Å²) < 4.78 is 5.49. The first kappa shape index (κ1) is 15.0. The Balaban J connectivity index is 2.42. The van der Waals surface area contributed by atoms with Crippen molar-refractivity contribution in [2.45, 2.75) is 64.0 Å². The molecule has 1 fully saturated rings. The number of rotatable bonds is 4. The van der Waals surface area contributed by atoms with Crippen molar-refractivity contribution in [2.75, 3.05) is 11.9 Å². The van der Waals surface area contributed by atoms with Crippen LogP contribution in [0.4, 0.5) is 0 Å². The Morgan fingerprint density at radius 2 is 1.88 bits per heavy atom. The molecule has 17 heavy (non-hydrogen) atoms. The molecule has 3 nitrogen and oxygen atoms in total. The predicted octanol–water partition coefficient (Wildman–Crippen LogP) is 3.02. The van der Waals surface area contributed by atoms with E-state index in [2.05, 4.69) is 21.2 Å². The molecule has 0 bridgehead atoms. The van der Waals surface area contributed by atoms with Crippen molar-refractivity contribution in [1.82, 2.24) is 5.32 Å². The van der Waals surface area contributed by atoms with Crippen molar-refractivity contribution in [3.8, 4) is 0 Å². The third kappa shape index (κ3) is 5.38. The Kier molecular flexibility index (Phi) is 5.45. The van der Waals surface area contributed by atoms with Crippen LogP contribution in [0, 0.1) is 0 Å². The van der Waals surface area contributed by atoms with Crippen LogP contribution in [0.1, 0.15) is 52.9 Å². The SMILES string of the molecule is CC(C)(C)OCC(=O)NC1(CBr)CCCCC1. The normalized spacial score (nSPS) is 20.0. The zero-order valence-corrected chi connectivity index (χ0v) is 12.7. The van der Waals surface area contributed by atoms with Gasteiger partial charge in [-0.1, -0.05) is 35.2 Å². The van der Waals surface area contributed by atoms with E-state index >= 15 is 0 Å². The van der Waals surface area contributed by atoms with Gasteiger partial charge in [-0.3, -0.25) is 4.79 Å². The van der Waals surface area contributed by atoms with Crippen molar-refractivity contribution in [3.05, 3.63) is 0 Å². The molecule has 100 valence electrons. The molecule has 1 amide bonds. The average molecular weight is 306 g/mol. The summed E-state index contributed by atoms with van der Waals surface area (Å²) in [7, 11) is 0. The highest BCUT2D eigenvalue weighted by atomic mass is 79.9. The Hall–Kier alpha value is -0.0900. The Morgan fingerprint density at radius 1 is 1.29 bits per heavy atom. The first-order valence-corrected chi connectivity index (χ1v) is 7.50. The monoisotopic (exact) mass is 305 g/mol. The Morgan fingerprint density at radius 3 is 2.35 bits per heavy atom. The van der Waals surface area contributed by atoms with Gasteiger partial charge in [0.25, 0.3) is 0 Å². The van der Waals surface area contributed by atoms with Crippen LogP contribution in [0.3, 0.4) is 0 Å². The summed E-state index contributed by atoms with van der Waals surface area (Å²) >= 11 is 3.53. The molecular weight excluding hydrogens is 282 g/mol. The highest BCUT2D eigenvalue weighted by Gasteiger charge is 2.32. The molecule has 1 N–H and O–H groups in total. The fraction of sp³-hybridized carbons (Fsp3) is 0.923. The highest BCUT2D eigenvalue weighted by Crippen LogP contribution is 2.29. The molecule has 1 aliphatic rings. The summed E-state index contributed by atoms with van der Waals surface area (Å²) in [5.74, 6) is 0.00118. The number of amides is 1. The molecule has 0 radical (unpaired) electrons. The molecule has 1 aliphatic carbocycles. The number of carbonyl (C=O) groups excluding carboxylic acids is 1. The largest absolute Gasteiger partial charge is 0.366 e. The minimum absolute atomic E-state index is 0.00118. The topological polar surface area (TPSA) is 38.3 Å². The smallest absolute Gasteiger partial charge is 0.246 e. The fourth-order valence-electron chi connectivity index (χ4n) is 2.13. The van der Waals surface area contributed by atoms with E-state index in [-0.39, 0.29) is 23.7 Å². The van der Waals surface area contributed by atoms with Gasteiger partial charge >= 0.3 is 0 Å². The molecule has 0 aliphatic heterocycles. The van der Waals surface area contributed by atoms with Crippen molar-refractivity contribution in [2.24, 2.45) is 0 Å². The summed E-state index contributed by atoms with van der Waals surface area (Å²) in [5, 5.41) is 3.98. The van der Waals surface area contributed by atoms with Crippen LogP contribution in [0.2, 0.25) is 0 Å². The number of hydrogen-bond acceptors (Lipinski definition) is 2. The van der Waals surface area contributed by atoms with Gasteiger partial charge in [-0.2, -0.15) is 0 Å². The van der Waals surface area contributed by atoms with Gasteiger partial charge in [0.05, 0.1) is 5.60 Å². The van der Waals surface area contributed by atoms with Crippen LogP contribution in [-0.2, 0) is 9.53 Å². The van der Waals surface area contributed by atoms with E-state index in [1.807, 2.05) is 20.8 Å². The lowest BCUT2D eigenvalue weighted by Gasteiger charge is -2.37. The van der Waals surface area contributed by atoms with E-state index in [1.165, 1.54) is 19.3 Å². The first-order valence-electron chi connectivity index (χ1n) is 6.38. The maximum atomic E-state index is 11.9. The molecular formula is C13H24BrNO2. The van der Waals surface area contributed by atoms with Crippen LogP contribution < -0.4 is 5.32 Å². The van der Waals surface area contributed by atoms with E-state index < -0.39 is 0 Å². The molecule has 0 heterocycles. The lowest BCUT2D eigenvalue weighted by atomic mass is 9.83. The van der Waals surface area contributed by atoms with Crippen LogP contribution >= 0.6 is 15.9 Å². The number of nitrogens with one attached hydrogen (secondary N) is 1. The quantitative estimate of drug-likeness (QED) is 0.811. The highest BCUT2D eigenvalue weighted by molar-refractivity contribution is 9.09. The van der Waals surface area contributed by atoms with Gasteiger partial charge in [0.15, 0.2) is 0 Å². The van der Waals surface area contributed by atoms with Crippen LogP contribution in [0.25, 0.3) is 0 Å². The molecule has 0 aromatic heterocycles. The zero-order valence-electron chi connectivity index (χ0n) is 11.1. The van der Waals surface area contributed by atoms with Gasteiger partial charge in [-0.15, -0.1) is 0 Å². The predicted molar refractivity (Wildman–Crippen MR) is 73.5 cm³/mol. The summed E-state index contributed by atoms with van der Waals surface area (Å²) in [6, 6.07) is 0. The molecule has 0 aromatic carbocycles. The van der Waals surface area contributed by atoms with Gasteiger partial charge < -0.3 is 10.1 Å². The van der Waals surface area contributed by atoms with E-state index in [4.69, 9.17) is 4.74 Å². The van der Waals surface area contributed by atoms with E-state index in [1.54, 1.807) is 0 Å². The van der Waals surface area contributed by atoms with Gasteiger partial charge in [0.1, 0.15) is 6.61 Å². The molecule has 0 unspecified atom stereocenters. The third-order valence-corrected chi connectivity index (χ3v) is 4.18. The minimum Gasteiger partial charge on any atom is -0.366 e. The van der Waals surface area contributed by atoms with Crippen LogP contribution in [0.5, 0.6) is 0 Å². The van der Waals surface area contributed by atoms with Gasteiger partial charge in [0.2, 0.25) is 5.91 Å². The van der Waals surface area contributed by atoms with Gasteiger partial charge in [-0.05, 0) is 33.6 Å². The maximum absolute atomic E-state index is 11.9. The number of alkyl halides is 1. The second-order valence-electron chi connectivity index (χ2n) is 5.92. The fourth-order valence-corrected chi connectivity index (χ4v) is 2.84. The summed E-state index contributed by atoms with van der Waals surface area (Å²) in [6.45, 7) is 6.03. The second kappa shape index (κ2) is 6.19. The van der Waals surface area contributed by atoms with E-state index in [9.17, 15) is 4.79 Å². The van der Waals surface area contributed by atoms with Crippen molar-refractivity contribution in [1.29, 1.82) is 0 Å². The minimum atomic E-state index is -0.258. The number of hydrogen-bond donors (Lipinski definition) is 1. The second-order valence-corrected chi connectivity index (χ2v) is 6.48. The average Bonchev–Trinajstić information content (AvgIpc) is 2.27. The van der Waals surface area contributed by atoms with Crippen molar-refractivity contribution < 1.29 is 9.53 Å². The number of ether oxygens (including phenoxy) is 1. The van der Waals surface area contributed by atoms with Crippen molar-refractivity contribution in [3.63, 3.8) is 0 Å². The summed E-state index contributed by atoms with van der Waals surface area (Å²) in [4.78, 5) is 11.9. The zero-order chi connectivity index (χ0) is 12.9. The van der Waals surface area contributed by atoms with E-state index in [0.717, 1.165) is 18.2 Å². The molecule has 0 spiro atoms. The van der Waals surface area contributed by atoms with E-state index in [0.29, 0.717) is 0 Å². The molecule has 1 saturated carbocycles. The molecule has 0 saturated heterocycles. The number of carbonyl (C=O) groups is 1. The lowest BCUT2D eigenvalue weighted by molar-refractivity contribution is -0.132. The summed E-state index contributed by atoms with van der Waals surface area (Å²) in [6.07, 6.45) is 5.82. The maximum Gasteiger partial charge on any atom is 0.246 e. The molecule has 0 atom stereocenters. The van der Waals surface area contributed by atoms with Gasteiger partial charge in [0, 0.05) is 10.9 Å². The van der Waals surface area contributed by atoms with Crippen LogP contribution in [0.15, 0.2) is 0 Å². The van der Waals surface area contributed by atoms with Crippen LogP contribution in [-0.4, -0.2) is 29.0 Å². The Bertz CT molecular complexity index is 255. The standard InChI is InChI=1S/C13H24BrNO2/c1-12(2,3)17-9-11(16)15-13(10-14)7-5-4-6-8-13/h4-10H2,1-3H3,(H,15,16). The molecule has 4 heteroatoms.